The Morgan fingerprint density at radius 1 is 0.385 bits per heavy atom. The van der Waals surface area contributed by atoms with Crippen LogP contribution in [0.1, 0.15) is 50.7 Å². The maximum atomic E-state index is 2.48. The van der Waals surface area contributed by atoms with Crippen molar-refractivity contribution in [2.75, 3.05) is 9.80 Å². The summed E-state index contributed by atoms with van der Waals surface area (Å²) in [6.45, 7) is 16.6. The lowest BCUT2D eigenvalue weighted by atomic mass is 9.84. The largest absolute Gasteiger partial charge is 0.310 e. The summed E-state index contributed by atoms with van der Waals surface area (Å²) in [5.41, 5.74) is 9.82. The molecule has 0 radical (unpaired) electrons. The van der Waals surface area contributed by atoms with Crippen molar-refractivity contribution in [2.45, 2.75) is 59.2 Å². The fourth-order valence-corrected chi connectivity index (χ4v) is 9.20. The molecule has 3 heteroatoms. The van der Waals surface area contributed by atoms with E-state index in [0.29, 0.717) is 11.8 Å². The van der Waals surface area contributed by atoms with Crippen molar-refractivity contribution in [2.24, 2.45) is 0 Å². The molecule has 0 saturated heterocycles. The van der Waals surface area contributed by atoms with Crippen LogP contribution < -0.4 is 15.0 Å². The number of hydrogen-bond acceptors (Lipinski definition) is 2. The maximum absolute atomic E-state index is 2.48. The molecule has 0 aliphatic rings. The Morgan fingerprint density at radius 2 is 0.712 bits per heavy atom. The van der Waals surface area contributed by atoms with Gasteiger partial charge in [-0.05, 0) is 105 Å². The SMILES string of the molecule is CC(C)c1cc(N(c2ccccc2)c2ccccc2)c2ccc3c(C(C)C)cc(N(c4ccccc4)c4ccc([Si](C)(C)C)cc4)c4ccc1c2c34. The quantitative estimate of drug-likeness (QED) is 0.110. The smallest absolute Gasteiger partial charge is 0.0775 e. The molecule has 0 spiro atoms. The molecule has 0 fully saturated rings. The Bertz CT molecular complexity index is 2440. The van der Waals surface area contributed by atoms with E-state index in [1.165, 1.54) is 65.7 Å². The molecule has 0 unspecified atom stereocenters. The topological polar surface area (TPSA) is 6.48 Å². The second-order valence-electron chi connectivity index (χ2n) is 15.8. The van der Waals surface area contributed by atoms with Crippen LogP contribution in [0.15, 0.2) is 152 Å². The van der Waals surface area contributed by atoms with Crippen molar-refractivity contribution in [3.8, 4) is 0 Å². The zero-order valence-corrected chi connectivity index (χ0v) is 32.5. The minimum atomic E-state index is -1.46. The summed E-state index contributed by atoms with van der Waals surface area (Å²) in [4.78, 5) is 4.93. The minimum absolute atomic E-state index is 0.337. The van der Waals surface area contributed by atoms with Gasteiger partial charge in [0, 0.05) is 33.5 Å². The first-order chi connectivity index (χ1) is 25.1. The second-order valence-corrected chi connectivity index (χ2v) is 20.9. The average Bonchev–Trinajstić information content (AvgIpc) is 3.15. The van der Waals surface area contributed by atoms with Gasteiger partial charge in [-0.15, -0.1) is 0 Å². The molecule has 52 heavy (non-hydrogen) atoms. The van der Waals surface area contributed by atoms with Gasteiger partial charge in [0.15, 0.2) is 0 Å². The van der Waals surface area contributed by atoms with E-state index >= 15 is 0 Å². The van der Waals surface area contributed by atoms with Crippen LogP contribution in [0.3, 0.4) is 0 Å². The third-order valence-corrected chi connectivity index (χ3v) is 12.7. The van der Waals surface area contributed by atoms with Gasteiger partial charge in [0.1, 0.15) is 0 Å². The predicted molar refractivity (Wildman–Crippen MR) is 231 cm³/mol. The first-order valence-electron chi connectivity index (χ1n) is 18.8. The van der Waals surface area contributed by atoms with Crippen LogP contribution in [-0.4, -0.2) is 8.07 Å². The van der Waals surface area contributed by atoms with E-state index in [4.69, 9.17) is 0 Å². The first kappa shape index (κ1) is 33.7. The fraction of sp³-hybridized carbons (Fsp3) is 0.184. The molecule has 0 heterocycles. The summed E-state index contributed by atoms with van der Waals surface area (Å²) < 4.78 is 0. The highest BCUT2D eigenvalue weighted by Crippen LogP contribution is 2.50. The molecule has 8 aromatic carbocycles. The molecule has 0 atom stereocenters. The number of rotatable bonds is 9. The van der Waals surface area contributed by atoms with Gasteiger partial charge in [-0.2, -0.15) is 0 Å². The minimum Gasteiger partial charge on any atom is -0.310 e. The van der Waals surface area contributed by atoms with Crippen molar-refractivity contribution in [3.63, 3.8) is 0 Å². The summed E-state index contributed by atoms with van der Waals surface area (Å²) in [6, 6.07) is 56.4. The van der Waals surface area contributed by atoms with Gasteiger partial charge in [-0.25, -0.2) is 0 Å². The van der Waals surface area contributed by atoms with E-state index in [9.17, 15) is 0 Å². The summed E-state index contributed by atoms with van der Waals surface area (Å²) in [5.74, 6) is 0.677. The summed E-state index contributed by atoms with van der Waals surface area (Å²) >= 11 is 0. The van der Waals surface area contributed by atoms with E-state index in [0.717, 1.165) is 17.1 Å². The van der Waals surface area contributed by atoms with Crippen LogP contribution >= 0.6 is 0 Å². The summed E-state index contributed by atoms with van der Waals surface area (Å²) in [7, 11) is -1.46. The highest BCUT2D eigenvalue weighted by molar-refractivity contribution is 6.88. The molecule has 0 bridgehead atoms. The molecule has 8 aromatic rings. The highest BCUT2D eigenvalue weighted by Gasteiger charge is 2.26. The molecule has 2 nitrogen and oxygen atoms in total. The van der Waals surface area contributed by atoms with E-state index in [2.05, 4.69) is 209 Å². The Hall–Kier alpha value is -5.38. The van der Waals surface area contributed by atoms with Crippen LogP contribution in [-0.2, 0) is 0 Å². The third-order valence-electron chi connectivity index (χ3n) is 10.7. The fourth-order valence-electron chi connectivity index (χ4n) is 8.03. The van der Waals surface area contributed by atoms with Gasteiger partial charge in [0.2, 0.25) is 0 Å². The summed E-state index contributed by atoms with van der Waals surface area (Å²) in [5, 5.41) is 9.38. The second kappa shape index (κ2) is 13.3. The number of hydrogen-bond donors (Lipinski definition) is 0. The van der Waals surface area contributed by atoms with Crippen molar-refractivity contribution < 1.29 is 0 Å². The average molecular weight is 693 g/mol. The van der Waals surface area contributed by atoms with E-state index < -0.39 is 8.07 Å². The molecular weight excluding hydrogens is 645 g/mol. The lowest BCUT2D eigenvalue weighted by Crippen LogP contribution is -2.37. The normalized spacial score (nSPS) is 12.1. The van der Waals surface area contributed by atoms with Crippen LogP contribution in [0.4, 0.5) is 34.1 Å². The highest BCUT2D eigenvalue weighted by atomic mass is 28.3. The van der Waals surface area contributed by atoms with Gasteiger partial charge in [-0.1, -0.05) is 144 Å². The number of para-hydroxylation sites is 3. The van der Waals surface area contributed by atoms with Crippen LogP contribution in [0, 0.1) is 0 Å². The number of anilines is 6. The molecular formula is C49H48N2Si. The van der Waals surface area contributed by atoms with Gasteiger partial charge in [-0.3, -0.25) is 0 Å². The summed E-state index contributed by atoms with van der Waals surface area (Å²) in [6.07, 6.45) is 0. The van der Waals surface area contributed by atoms with Crippen molar-refractivity contribution in [1.82, 2.24) is 0 Å². The maximum Gasteiger partial charge on any atom is 0.0775 e. The Balaban J connectivity index is 1.49. The van der Waals surface area contributed by atoms with E-state index in [1.807, 2.05) is 0 Å². The zero-order valence-electron chi connectivity index (χ0n) is 31.5. The lowest BCUT2D eigenvalue weighted by Gasteiger charge is -2.31. The number of benzene rings is 8. The zero-order chi connectivity index (χ0) is 36.1. The van der Waals surface area contributed by atoms with Crippen molar-refractivity contribution in [1.29, 1.82) is 0 Å². The molecule has 0 aromatic heterocycles. The van der Waals surface area contributed by atoms with Gasteiger partial charge in [0.25, 0.3) is 0 Å². The molecule has 8 rings (SSSR count). The predicted octanol–water partition coefficient (Wildman–Crippen LogP) is 14.3. The first-order valence-corrected chi connectivity index (χ1v) is 22.3. The standard InChI is InChI=1S/C49H48N2Si/c1-33(2)44-31-46(50(35-17-11-8-12-18-35)36-19-13-9-14-20-36)42-29-27-41-45(34(3)4)32-47(43-30-28-40(44)48(42)49(41)43)51(37-21-15-10-16-22-37)38-23-25-39(26-24-38)52(5,6)7/h8-34H,1-7H3. The Morgan fingerprint density at radius 3 is 1.04 bits per heavy atom. The van der Waals surface area contributed by atoms with E-state index in [-0.39, 0.29) is 0 Å². The molecule has 0 aliphatic carbocycles. The van der Waals surface area contributed by atoms with Gasteiger partial charge >= 0.3 is 0 Å². The molecule has 258 valence electrons. The molecule has 0 saturated carbocycles. The van der Waals surface area contributed by atoms with E-state index in [1.54, 1.807) is 0 Å². The van der Waals surface area contributed by atoms with Crippen molar-refractivity contribution in [3.05, 3.63) is 163 Å². The van der Waals surface area contributed by atoms with Gasteiger partial charge < -0.3 is 9.80 Å². The van der Waals surface area contributed by atoms with Crippen LogP contribution in [0.25, 0.3) is 32.3 Å². The molecule has 0 aliphatic heterocycles. The van der Waals surface area contributed by atoms with Crippen LogP contribution in [0.2, 0.25) is 19.6 Å². The number of nitrogens with zero attached hydrogens (tertiary/aromatic N) is 2. The van der Waals surface area contributed by atoms with Gasteiger partial charge in [0.05, 0.1) is 19.4 Å². The lowest BCUT2D eigenvalue weighted by molar-refractivity contribution is 0.875. The van der Waals surface area contributed by atoms with Crippen LogP contribution in [0.5, 0.6) is 0 Å². The monoisotopic (exact) mass is 692 g/mol. The van der Waals surface area contributed by atoms with Crippen molar-refractivity contribution >= 4 is 79.7 Å². The Kier molecular flexibility index (Phi) is 8.63. The molecule has 0 amide bonds. The third kappa shape index (κ3) is 5.83. The molecule has 0 N–H and O–H groups in total. The Labute approximate surface area is 310 Å².